The molecule has 0 saturated carbocycles. The molecule has 0 radical (unpaired) electrons. The maximum absolute atomic E-state index is 12.2. The summed E-state index contributed by atoms with van der Waals surface area (Å²) in [6.07, 6.45) is 1.78. The summed E-state index contributed by atoms with van der Waals surface area (Å²) in [4.78, 5) is 4.13. The predicted molar refractivity (Wildman–Crippen MR) is 53.3 cm³/mol. The Labute approximate surface area is 78.3 Å². The summed E-state index contributed by atoms with van der Waals surface area (Å²) >= 11 is 0. The fraction of sp³-hybridized carbons (Fsp3) is 0.364. The summed E-state index contributed by atoms with van der Waals surface area (Å²) in [5.74, 6) is 0.459. The lowest BCUT2D eigenvalue weighted by molar-refractivity contribution is 0.571. The van der Waals surface area contributed by atoms with Crippen LogP contribution in [0.5, 0.6) is 0 Å². The number of rotatable bonds is 3. The van der Waals surface area contributed by atoms with Gasteiger partial charge in [0.2, 0.25) is 0 Å². The van der Waals surface area contributed by atoms with Gasteiger partial charge in [-0.3, -0.25) is 4.98 Å². The van der Waals surface area contributed by atoms with Gasteiger partial charge in [-0.25, -0.2) is 4.39 Å². The molecule has 0 N–H and O–H groups in total. The van der Waals surface area contributed by atoms with E-state index in [1.54, 1.807) is 6.20 Å². The molecule has 0 aliphatic rings. The molecule has 0 fully saturated rings. The Morgan fingerprint density at radius 1 is 1.54 bits per heavy atom. The summed E-state index contributed by atoms with van der Waals surface area (Å²) in [6.45, 7) is 7.24. The summed E-state index contributed by atoms with van der Waals surface area (Å²) < 4.78 is 12.2. The number of alkyl halides is 1. The van der Waals surface area contributed by atoms with Gasteiger partial charge in [0.1, 0.15) is 6.67 Å². The van der Waals surface area contributed by atoms with Crippen molar-refractivity contribution in [1.29, 1.82) is 0 Å². The highest BCUT2D eigenvalue weighted by Gasteiger charge is 2.02. The predicted octanol–water partition coefficient (Wildman–Crippen LogP) is 3.19. The molecule has 1 aromatic rings. The molecular formula is C11H14FN. The molecule has 1 rings (SSSR count). The zero-order valence-electron chi connectivity index (χ0n) is 8.05. The zero-order chi connectivity index (χ0) is 9.84. The van der Waals surface area contributed by atoms with Crippen molar-refractivity contribution in [3.05, 3.63) is 36.2 Å². The van der Waals surface area contributed by atoms with Crippen molar-refractivity contribution < 1.29 is 4.39 Å². The monoisotopic (exact) mass is 179 g/mol. The van der Waals surface area contributed by atoms with E-state index in [4.69, 9.17) is 0 Å². The molecule has 0 saturated heterocycles. The maximum Gasteiger partial charge on any atom is 0.116 e. The molecule has 0 aromatic carbocycles. The first-order valence-electron chi connectivity index (χ1n) is 4.35. The Balaban J connectivity index is 2.87. The van der Waals surface area contributed by atoms with Crippen LogP contribution < -0.4 is 0 Å². The second-order valence-corrected chi connectivity index (χ2v) is 3.37. The first-order valence-corrected chi connectivity index (χ1v) is 4.35. The first-order chi connectivity index (χ1) is 6.15. The fourth-order valence-corrected chi connectivity index (χ4v) is 1.02. The average Bonchev–Trinajstić information content (AvgIpc) is 2.17. The third kappa shape index (κ3) is 2.38. The van der Waals surface area contributed by atoms with Crippen molar-refractivity contribution in [2.24, 2.45) is 0 Å². The second-order valence-electron chi connectivity index (χ2n) is 3.37. The van der Waals surface area contributed by atoms with Crippen LogP contribution in [0.1, 0.15) is 31.0 Å². The Morgan fingerprint density at radius 2 is 2.23 bits per heavy atom. The van der Waals surface area contributed by atoms with Crippen molar-refractivity contribution in [3.8, 4) is 0 Å². The molecule has 1 aromatic heterocycles. The second kappa shape index (κ2) is 4.17. The summed E-state index contributed by atoms with van der Waals surface area (Å²) in [5.41, 5.74) is 2.25. The van der Waals surface area contributed by atoms with Crippen LogP contribution in [-0.2, 0) is 0 Å². The molecule has 13 heavy (non-hydrogen) atoms. The lowest BCUT2D eigenvalue weighted by Crippen LogP contribution is -1.93. The van der Waals surface area contributed by atoms with Gasteiger partial charge >= 0.3 is 0 Å². The van der Waals surface area contributed by atoms with Gasteiger partial charge in [-0.15, -0.1) is 0 Å². The molecule has 0 aliphatic heterocycles. The molecule has 0 atom stereocenters. The van der Waals surface area contributed by atoms with Gasteiger partial charge < -0.3 is 0 Å². The summed E-state index contributed by atoms with van der Waals surface area (Å²) in [7, 11) is 0. The topological polar surface area (TPSA) is 12.9 Å². The Bertz CT molecular complexity index is 287. The van der Waals surface area contributed by atoms with Crippen LogP contribution in [0.2, 0.25) is 0 Å². The minimum Gasteiger partial charge on any atom is -0.256 e. The van der Waals surface area contributed by atoms with E-state index in [1.807, 2.05) is 12.1 Å². The quantitative estimate of drug-likeness (QED) is 0.694. The Morgan fingerprint density at radius 3 is 2.62 bits per heavy atom. The molecule has 0 aliphatic carbocycles. The molecule has 0 spiro atoms. The van der Waals surface area contributed by atoms with E-state index >= 15 is 0 Å². The van der Waals surface area contributed by atoms with Gasteiger partial charge in [0.15, 0.2) is 0 Å². The number of pyridine rings is 1. The fourth-order valence-electron chi connectivity index (χ4n) is 1.02. The SMILES string of the molecule is C=C(CF)c1ccc(C(C)C)cn1. The zero-order valence-corrected chi connectivity index (χ0v) is 8.05. The standard InChI is InChI=1S/C11H14FN/c1-8(2)10-4-5-11(13-7-10)9(3)6-12/h4-5,7-8H,3,6H2,1-2H3. The lowest BCUT2D eigenvalue weighted by atomic mass is 10.0. The van der Waals surface area contributed by atoms with Gasteiger partial charge in [-0.05, 0) is 17.5 Å². The molecule has 0 unspecified atom stereocenters. The van der Waals surface area contributed by atoms with E-state index in [-0.39, 0.29) is 0 Å². The van der Waals surface area contributed by atoms with Gasteiger partial charge in [-0.2, -0.15) is 0 Å². The third-order valence-electron chi connectivity index (χ3n) is 1.98. The highest BCUT2D eigenvalue weighted by molar-refractivity contribution is 5.60. The van der Waals surface area contributed by atoms with Gasteiger partial charge in [0.05, 0.1) is 5.69 Å². The minimum absolute atomic E-state index is 0.440. The van der Waals surface area contributed by atoms with Gasteiger partial charge in [0.25, 0.3) is 0 Å². The average molecular weight is 179 g/mol. The number of halogens is 1. The normalized spacial score (nSPS) is 10.5. The molecule has 1 heterocycles. The van der Waals surface area contributed by atoms with Crippen LogP contribution in [0.4, 0.5) is 4.39 Å². The Hall–Kier alpha value is -1.18. The van der Waals surface area contributed by atoms with Gasteiger partial charge in [0, 0.05) is 11.8 Å². The smallest absolute Gasteiger partial charge is 0.116 e. The highest BCUT2D eigenvalue weighted by atomic mass is 19.1. The molecule has 0 bridgehead atoms. The van der Waals surface area contributed by atoms with Gasteiger partial charge in [-0.1, -0.05) is 26.5 Å². The highest BCUT2D eigenvalue weighted by Crippen LogP contribution is 2.15. The van der Waals surface area contributed by atoms with Crippen molar-refractivity contribution in [2.45, 2.75) is 19.8 Å². The lowest BCUT2D eigenvalue weighted by Gasteiger charge is -2.05. The van der Waals surface area contributed by atoms with Crippen LogP contribution in [-0.4, -0.2) is 11.7 Å². The summed E-state index contributed by atoms with van der Waals surface area (Å²) in [5, 5.41) is 0. The number of allylic oxidation sites excluding steroid dienone is 1. The summed E-state index contributed by atoms with van der Waals surface area (Å²) in [6, 6.07) is 3.78. The maximum atomic E-state index is 12.2. The molecule has 0 amide bonds. The van der Waals surface area contributed by atoms with Crippen molar-refractivity contribution in [1.82, 2.24) is 4.98 Å². The van der Waals surface area contributed by atoms with Crippen molar-refractivity contribution >= 4 is 5.57 Å². The molecule has 1 nitrogen and oxygen atoms in total. The van der Waals surface area contributed by atoms with Crippen LogP contribution in [0.15, 0.2) is 24.9 Å². The van der Waals surface area contributed by atoms with E-state index in [0.717, 1.165) is 5.56 Å². The third-order valence-corrected chi connectivity index (χ3v) is 1.98. The van der Waals surface area contributed by atoms with Crippen molar-refractivity contribution in [3.63, 3.8) is 0 Å². The Kier molecular flexibility index (Phi) is 3.18. The largest absolute Gasteiger partial charge is 0.256 e. The van der Waals surface area contributed by atoms with E-state index in [0.29, 0.717) is 17.2 Å². The van der Waals surface area contributed by atoms with Crippen LogP contribution in [0.3, 0.4) is 0 Å². The molecule has 70 valence electrons. The van der Waals surface area contributed by atoms with E-state index in [1.165, 1.54) is 0 Å². The van der Waals surface area contributed by atoms with Crippen LogP contribution in [0.25, 0.3) is 5.57 Å². The molecular weight excluding hydrogens is 165 g/mol. The number of aromatic nitrogens is 1. The van der Waals surface area contributed by atoms with Crippen molar-refractivity contribution in [2.75, 3.05) is 6.67 Å². The molecule has 2 heteroatoms. The first kappa shape index (κ1) is 9.90. The van der Waals surface area contributed by atoms with Crippen LogP contribution in [0, 0.1) is 0 Å². The minimum atomic E-state index is -0.534. The number of hydrogen-bond acceptors (Lipinski definition) is 1. The van der Waals surface area contributed by atoms with E-state index in [2.05, 4.69) is 25.4 Å². The number of nitrogens with zero attached hydrogens (tertiary/aromatic N) is 1. The number of hydrogen-bond donors (Lipinski definition) is 0. The van der Waals surface area contributed by atoms with E-state index < -0.39 is 6.67 Å². The van der Waals surface area contributed by atoms with Crippen LogP contribution >= 0.6 is 0 Å². The van der Waals surface area contributed by atoms with E-state index in [9.17, 15) is 4.39 Å².